The highest BCUT2D eigenvalue weighted by Gasteiger charge is 2.18. The average Bonchev–Trinajstić information content (AvgIpc) is 3.22. The summed E-state index contributed by atoms with van der Waals surface area (Å²) in [6.45, 7) is 4.63. The van der Waals surface area contributed by atoms with E-state index in [1.54, 1.807) is 0 Å². The smallest absolute Gasteiger partial charge is 0.270 e. The maximum Gasteiger partial charge on any atom is 0.270 e. The Morgan fingerprint density at radius 3 is 2.81 bits per heavy atom. The first-order valence-electron chi connectivity index (χ1n) is 9.35. The number of pyridine rings is 1. The first kappa shape index (κ1) is 17.3. The number of nitrogens with zero attached hydrogens (tertiary/aromatic N) is 3. The molecule has 27 heavy (non-hydrogen) atoms. The van der Waals surface area contributed by atoms with Crippen LogP contribution in [0.4, 0.5) is 0 Å². The molecule has 138 valence electrons. The third-order valence-corrected chi connectivity index (χ3v) is 4.63. The van der Waals surface area contributed by atoms with E-state index in [4.69, 9.17) is 0 Å². The van der Waals surface area contributed by atoms with Crippen LogP contribution in [0.2, 0.25) is 0 Å². The van der Waals surface area contributed by atoms with Crippen molar-refractivity contribution < 1.29 is 4.79 Å². The summed E-state index contributed by atoms with van der Waals surface area (Å²) in [7, 11) is 0. The number of amides is 1. The van der Waals surface area contributed by atoms with Crippen molar-refractivity contribution in [1.82, 2.24) is 24.7 Å². The Balaban J connectivity index is 1.52. The van der Waals surface area contributed by atoms with Crippen molar-refractivity contribution in [1.29, 1.82) is 0 Å². The Hall–Kier alpha value is -3.15. The maximum absolute atomic E-state index is 12.9. The van der Waals surface area contributed by atoms with E-state index in [1.165, 1.54) is 0 Å². The van der Waals surface area contributed by atoms with Crippen LogP contribution in [0, 0.1) is 6.92 Å². The molecule has 0 saturated heterocycles. The fourth-order valence-electron chi connectivity index (χ4n) is 3.35. The van der Waals surface area contributed by atoms with E-state index in [1.807, 2.05) is 53.9 Å². The fourth-order valence-corrected chi connectivity index (χ4v) is 3.35. The summed E-state index contributed by atoms with van der Waals surface area (Å²) in [5.41, 5.74) is 5.36. The zero-order valence-electron chi connectivity index (χ0n) is 15.6. The molecule has 0 atom stereocenters. The highest BCUT2D eigenvalue weighted by atomic mass is 16.1. The van der Waals surface area contributed by atoms with E-state index in [-0.39, 0.29) is 5.91 Å². The van der Waals surface area contributed by atoms with Gasteiger partial charge in [0.1, 0.15) is 17.2 Å². The van der Waals surface area contributed by atoms with Crippen LogP contribution in [0.1, 0.15) is 40.9 Å². The summed E-state index contributed by atoms with van der Waals surface area (Å²) >= 11 is 0. The van der Waals surface area contributed by atoms with Crippen molar-refractivity contribution in [2.24, 2.45) is 0 Å². The second-order valence-corrected chi connectivity index (χ2v) is 6.80. The Kier molecular flexibility index (Phi) is 4.62. The van der Waals surface area contributed by atoms with Gasteiger partial charge >= 0.3 is 0 Å². The normalized spacial score (nSPS) is 11.3. The van der Waals surface area contributed by atoms with Crippen molar-refractivity contribution in [2.45, 2.75) is 33.1 Å². The minimum absolute atomic E-state index is 0.0901. The lowest BCUT2D eigenvalue weighted by atomic mass is 10.2. The monoisotopic (exact) mass is 361 g/mol. The number of carbonyl (C=O) groups excluding carboxylic acids is 1. The quantitative estimate of drug-likeness (QED) is 0.552. The van der Waals surface area contributed by atoms with Crippen molar-refractivity contribution in [3.63, 3.8) is 0 Å². The van der Waals surface area contributed by atoms with Gasteiger partial charge in [-0.1, -0.05) is 31.5 Å². The van der Waals surface area contributed by atoms with Crippen LogP contribution >= 0.6 is 0 Å². The minimum Gasteiger partial charge on any atom is -0.350 e. The number of aromatic nitrogens is 4. The summed E-state index contributed by atoms with van der Waals surface area (Å²) in [4.78, 5) is 25.4. The van der Waals surface area contributed by atoms with Crippen LogP contribution in [0.15, 0.2) is 42.6 Å². The number of H-pyrrole nitrogens is 1. The third kappa shape index (κ3) is 3.43. The molecule has 0 bridgehead atoms. The standard InChI is InChI=1S/C21H23N5O/c1-3-6-17-20(26-13-14(2)9-10-19(26)25-17)21(27)22-12-11-18-23-15-7-4-5-8-16(15)24-18/h4-5,7-10,13H,3,6,11-12H2,1-2H3,(H,22,27)(H,23,24). The molecule has 0 spiro atoms. The zero-order chi connectivity index (χ0) is 18.8. The fraction of sp³-hybridized carbons (Fsp3) is 0.286. The summed E-state index contributed by atoms with van der Waals surface area (Å²) in [6.07, 6.45) is 4.35. The largest absolute Gasteiger partial charge is 0.350 e. The van der Waals surface area contributed by atoms with Crippen LogP contribution in [0.3, 0.4) is 0 Å². The Labute approximate surface area is 157 Å². The number of para-hydroxylation sites is 2. The van der Waals surface area contributed by atoms with Crippen molar-refractivity contribution in [2.75, 3.05) is 6.54 Å². The Morgan fingerprint density at radius 2 is 2.00 bits per heavy atom. The van der Waals surface area contributed by atoms with Crippen molar-refractivity contribution in [3.8, 4) is 0 Å². The number of benzene rings is 1. The molecule has 6 heteroatoms. The highest BCUT2D eigenvalue weighted by molar-refractivity contribution is 5.94. The molecular formula is C21H23N5O. The topological polar surface area (TPSA) is 75.1 Å². The molecule has 3 heterocycles. The number of hydrogen-bond donors (Lipinski definition) is 2. The number of rotatable bonds is 6. The first-order chi connectivity index (χ1) is 13.2. The summed E-state index contributed by atoms with van der Waals surface area (Å²) in [5.74, 6) is 0.784. The molecule has 3 aromatic heterocycles. The molecule has 4 aromatic rings. The van der Waals surface area contributed by atoms with Crippen LogP contribution in [-0.4, -0.2) is 31.8 Å². The van der Waals surface area contributed by atoms with Gasteiger partial charge in [0.05, 0.1) is 16.7 Å². The number of hydrogen-bond acceptors (Lipinski definition) is 3. The Morgan fingerprint density at radius 1 is 1.15 bits per heavy atom. The van der Waals surface area contributed by atoms with Gasteiger partial charge < -0.3 is 10.3 Å². The van der Waals surface area contributed by atoms with E-state index in [0.717, 1.165) is 46.6 Å². The number of carbonyl (C=O) groups is 1. The van der Waals surface area contributed by atoms with Crippen LogP contribution in [-0.2, 0) is 12.8 Å². The predicted molar refractivity (Wildman–Crippen MR) is 106 cm³/mol. The number of aryl methyl sites for hydroxylation is 2. The second kappa shape index (κ2) is 7.23. The van der Waals surface area contributed by atoms with Crippen molar-refractivity contribution in [3.05, 3.63) is 65.4 Å². The van der Waals surface area contributed by atoms with Crippen LogP contribution < -0.4 is 5.32 Å². The number of nitrogens with one attached hydrogen (secondary N) is 2. The van der Waals surface area contributed by atoms with Gasteiger partial charge in [0.2, 0.25) is 0 Å². The van der Waals surface area contributed by atoms with Gasteiger partial charge in [-0.05, 0) is 37.1 Å². The summed E-state index contributed by atoms with van der Waals surface area (Å²) in [5, 5.41) is 3.03. The minimum atomic E-state index is -0.0901. The number of fused-ring (bicyclic) bond motifs is 2. The molecule has 1 aromatic carbocycles. The lowest BCUT2D eigenvalue weighted by molar-refractivity contribution is 0.0947. The second-order valence-electron chi connectivity index (χ2n) is 6.80. The summed E-state index contributed by atoms with van der Waals surface area (Å²) in [6, 6.07) is 11.9. The molecule has 1 amide bonds. The number of imidazole rings is 2. The molecule has 0 saturated carbocycles. The van der Waals surface area contributed by atoms with Gasteiger partial charge in [-0.15, -0.1) is 0 Å². The van der Waals surface area contributed by atoms with E-state index >= 15 is 0 Å². The van der Waals surface area contributed by atoms with Crippen molar-refractivity contribution >= 4 is 22.6 Å². The van der Waals surface area contributed by atoms with Gasteiger partial charge in [-0.2, -0.15) is 0 Å². The Bertz CT molecular complexity index is 1080. The van der Waals surface area contributed by atoms with Gasteiger partial charge in [-0.25, -0.2) is 9.97 Å². The molecule has 6 nitrogen and oxygen atoms in total. The predicted octanol–water partition coefficient (Wildman–Crippen LogP) is 3.44. The third-order valence-electron chi connectivity index (χ3n) is 4.63. The van der Waals surface area contributed by atoms with Crippen LogP contribution in [0.25, 0.3) is 16.7 Å². The molecule has 2 N–H and O–H groups in total. The average molecular weight is 361 g/mol. The molecule has 0 radical (unpaired) electrons. The maximum atomic E-state index is 12.9. The van der Waals surface area contributed by atoms with Gasteiger partial charge in [0, 0.05) is 19.2 Å². The number of aromatic amines is 1. The SMILES string of the molecule is CCCc1nc2ccc(C)cn2c1C(=O)NCCc1nc2ccccc2[nH]1. The van der Waals surface area contributed by atoms with Gasteiger partial charge in [-0.3, -0.25) is 9.20 Å². The zero-order valence-corrected chi connectivity index (χ0v) is 15.6. The first-order valence-corrected chi connectivity index (χ1v) is 9.35. The molecule has 0 fully saturated rings. The molecule has 0 unspecified atom stereocenters. The van der Waals surface area contributed by atoms with Gasteiger partial charge in [0.25, 0.3) is 5.91 Å². The van der Waals surface area contributed by atoms with E-state index < -0.39 is 0 Å². The van der Waals surface area contributed by atoms with Crippen LogP contribution in [0.5, 0.6) is 0 Å². The summed E-state index contributed by atoms with van der Waals surface area (Å²) < 4.78 is 1.90. The molecular weight excluding hydrogens is 338 g/mol. The molecule has 4 rings (SSSR count). The lowest BCUT2D eigenvalue weighted by Gasteiger charge is -2.07. The molecule has 0 aliphatic rings. The van der Waals surface area contributed by atoms with E-state index in [0.29, 0.717) is 18.7 Å². The van der Waals surface area contributed by atoms with Gasteiger partial charge in [0.15, 0.2) is 0 Å². The van der Waals surface area contributed by atoms with E-state index in [2.05, 4.69) is 27.2 Å². The highest BCUT2D eigenvalue weighted by Crippen LogP contribution is 2.16. The molecule has 0 aliphatic heterocycles. The van der Waals surface area contributed by atoms with E-state index in [9.17, 15) is 4.79 Å². The molecule has 0 aliphatic carbocycles. The lowest BCUT2D eigenvalue weighted by Crippen LogP contribution is -2.28.